The predicted molar refractivity (Wildman–Crippen MR) is 81.8 cm³/mol. The predicted octanol–water partition coefficient (Wildman–Crippen LogP) is 4.82. The van der Waals surface area contributed by atoms with Crippen LogP contribution in [0.1, 0.15) is 45.6 Å². The molecule has 1 aromatic rings. The molecule has 0 aromatic heterocycles. The van der Waals surface area contributed by atoms with Crippen LogP contribution in [0, 0.1) is 18.3 Å². The van der Waals surface area contributed by atoms with E-state index in [1.807, 2.05) is 19.1 Å². The monoisotopic (exact) mass is 281 g/mol. The van der Waals surface area contributed by atoms with E-state index in [-0.39, 0.29) is 6.10 Å². The van der Waals surface area contributed by atoms with Gasteiger partial charge in [0.25, 0.3) is 0 Å². The highest BCUT2D eigenvalue weighted by molar-refractivity contribution is 6.33. The quantitative estimate of drug-likeness (QED) is 0.789. The second-order valence-corrected chi connectivity index (χ2v) is 7.20. The van der Waals surface area contributed by atoms with Gasteiger partial charge >= 0.3 is 0 Å². The second kappa shape index (κ2) is 5.24. The summed E-state index contributed by atoms with van der Waals surface area (Å²) >= 11 is 6.08. The van der Waals surface area contributed by atoms with E-state index in [1.54, 1.807) is 0 Å². The van der Waals surface area contributed by atoms with Crippen molar-refractivity contribution in [3.05, 3.63) is 22.7 Å². The Bertz CT molecular complexity index is 470. The molecule has 2 atom stereocenters. The van der Waals surface area contributed by atoms with E-state index < -0.39 is 0 Å². The zero-order valence-corrected chi connectivity index (χ0v) is 13.1. The molecule has 0 spiro atoms. The summed E-state index contributed by atoms with van der Waals surface area (Å²) in [7, 11) is 0. The van der Waals surface area contributed by atoms with Crippen LogP contribution in [0.25, 0.3) is 0 Å². The van der Waals surface area contributed by atoms with Crippen LogP contribution >= 0.6 is 11.6 Å². The van der Waals surface area contributed by atoms with Gasteiger partial charge in [0.15, 0.2) is 0 Å². The van der Waals surface area contributed by atoms with Crippen molar-refractivity contribution >= 4 is 17.3 Å². The maximum atomic E-state index is 6.19. The summed E-state index contributed by atoms with van der Waals surface area (Å²) in [5.74, 6) is 1.58. The highest BCUT2D eigenvalue weighted by atomic mass is 35.5. The molecule has 2 rings (SSSR count). The maximum absolute atomic E-state index is 6.19. The molecule has 0 saturated heterocycles. The van der Waals surface area contributed by atoms with E-state index in [0.29, 0.717) is 22.0 Å². The van der Waals surface area contributed by atoms with Gasteiger partial charge in [-0.1, -0.05) is 32.4 Å². The van der Waals surface area contributed by atoms with Gasteiger partial charge in [-0.25, -0.2) is 0 Å². The second-order valence-electron chi connectivity index (χ2n) is 6.79. The Hall–Kier alpha value is -0.890. The number of halogens is 1. The molecule has 2 unspecified atom stereocenters. The lowest BCUT2D eigenvalue weighted by atomic mass is 9.71. The van der Waals surface area contributed by atoms with Crippen LogP contribution < -0.4 is 10.5 Å². The van der Waals surface area contributed by atoms with Crippen LogP contribution in [0.15, 0.2) is 12.1 Å². The molecule has 1 saturated carbocycles. The molecule has 0 bridgehead atoms. The number of ether oxygens (including phenoxy) is 1. The van der Waals surface area contributed by atoms with Crippen LogP contribution in [-0.2, 0) is 0 Å². The van der Waals surface area contributed by atoms with Gasteiger partial charge in [0.2, 0.25) is 0 Å². The Labute approximate surface area is 121 Å². The molecule has 19 heavy (non-hydrogen) atoms. The van der Waals surface area contributed by atoms with E-state index in [9.17, 15) is 0 Å². The highest BCUT2D eigenvalue weighted by Crippen LogP contribution is 2.40. The molecule has 1 aliphatic carbocycles. The number of nitrogen functional groups attached to an aromatic ring is 1. The van der Waals surface area contributed by atoms with Gasteiger partial charge in [-0.15, -0.1) is 0 Å². The van der Waals surface area contributed by atoms with E-state index >= 15 is 0 Å². The SMILES string of the molecule is Cc1cc(N)c(Cl)cc1OC1CC(C)CC(C)(C)C1. The van der Waals surface area contributed by atoms with Gasteiger partial charge in [0.05, 0.1) is 16.8 Å². The smallest absolute Gasteiger partial charge is 0.124 e. The summed E-state index contributed by atoms with van der Waals surface area (Å²) in [4.78, 5) is 0. The Balaban J connectivity index is 2.15. The molecule has 106 valence electrons. The van der Waals surface area contributed by atoms with Crippen molar-refractivity contribution in [2.75, 3.05) is 5.73 Å². The van der Waals surface area contributed by atoms with E-state index in [1.165, 1.54) is 6.42 Å². The van der Waals surface area contributed by atoms with Gasteiger partial charge in [0, 0.05) is 6.07 Å². The summed E-state index contributed by atoms with van der Waals surface area (Å²) in [6.07, 6.45) is 3.76. The normalized spacial score (nSPS) is 26.2. The first-order valence-electron chi connectivity index (χ1n) is 6.99. The summed E-state index contributed by atoms with van der Waals surface area (Å²) < 4.78 is 6.19. The van der Waals surface area contributed by atoms with Gasteiger partial charge < -0.3 is 10.5 Å². The molecule has 1 aromatic carbocycles. The first kappa shape index (κ1) is 14.5. The van der Waals surface area contributed by atoms with Crippen molar-refractivity contribution in [1.29, 1.82) is 0 Å². The minimum atomic E-state index is 0.275. The molecule has 0 heterocycles. The maximum Gasteiger partial charge on any atom is 0.124 e. The van der Waals surface area contributed by atoms with Gasteiger partial charge in [-0.3, -0.25) is 0 Å². The van der Waals surface area contributed by atoms with E-state index in [2.05, 4.69) is 20.8 Å². The first-order chi connectivity index (χ1) is 8.77. The van der Waals surface area contributed by atoms with E-state index in [0.717, 1.165) is 24.2 Å². The number of hydrogen-bond donors (Lipinski definition) is 1. The fraction of sp³-hybridized carbons (Fsp3) is 0.625. The molecular weight excluding hydrogens is 258 g/mol. The molecule has 0 aliphatic heterocycles. The summed E-state index contributed by atoms with van der Waals surface area (Å²) in [6, 6.07) is 3.73. The highest BCUT2D eigenvalue weighted by Gasteiger charge is 2.33. The minimum Gasteiger partial charge on any atom is -0.490 e. The molecule has 2 nitrogen and oxygen atoms in total. The Morgan fingerprint density at radius 3 is 2.63 bits per heavy atom. The molecule has 0 radical (unpaired) electrons. The third-order valence-electron chi connectivity index (χ3n) is 3.93. The van der Waals surface area contributed by atoms with Gasteiger partial charge in [0.1, 0.15) is 5.75 Å². The fourth-order valence-electron chi connectivity index (χ4n) is 3.34. The Morgan fingerprint density at radius 1 is 1.32 bits per heavy atom. The average molecular weight is 282 g/mol. The molecule has 0 amide bonds. The van der Waals surface area contributed by atoms with Crippen LogP contribution in [0.3, 0.4) is 0 Å². The molecule has 1 aliphatic rings. The number of aryl methyl sites for hydroxylation is 1. The summed E-state index contributed by atoms with van der Waals surface area (Å²) in [5, 5.41) is 0.573. The molecule has 1 fully saturated rings. The third-order valence-corrected chi connectivity index (χ3v) is 4.26. The van der Waals surface area contributed by atoms with Crippen LogP contribution in [0.5, 0.6) is 5.75 Å². The zero-order chi connectivity index (χ0) is 14.2. The topological polar surface area (TPSA) is 35.2 Å². The number of anilines is 1. The van der Waals surface area contributed by atoms with Gasteiger partial charge in [-0.05, 0) is 49.1 Å². The Morgan fingerprint density at radius 2 is 2.00 bits per heavy atom. The number of nitrogens with two attached hydrogens (primary N) is 1. The van der Waals surface area contributed by atoms with Crippen molar-refractivity contribution < 1.29 is 4.74 Å². The molecule has 2 N–H and O–H groups in total. The van der Waals surface area contributed by atoms with Crippen molar-refractivity contribution in [3.8, 4) is 5.75 Å². The van der Waals surface area contributed by atoms with Gasteiger partial charge in [-0.2, -0.15) is 0 Å². The number of rotatable bonds is 2. The lowest BCUT2D eigenvalue weighted by Gasteiger charge is -2.39. The van der Waals surface area contributed by atoms with Crippen LogP contribution in [-0.4, -0.2) is 6.10 Å². The number of hydrogen-bond acceptors (Lipinski definition) is 2. The Kier molecular flexibility index (Phi) is 4.00. The largest absolute Gasteiger partial charge is 0.490 e. The van der Waals surface area contributed by atoms with Crippen molar-refractivity contribution in [1.82, 2.24) is 0 Å². The average Bonchev–Trinajstić information content (AvgIpc) is 2.22. The lowest BCUT2D eigenvalue weighted by molar-refractivity contribution is 0.0558. The third kappa shape index (κ3) is 3.56. The first-order valence-corrected chi connectivity index (χ1v) is 7.37. The van der Waals surface area contributed by atoms with Crippen LogP contribution in [0.2, 0.25) is 5.02 Å². The fourth-order valence-corrected chi connectivity index (χ4v) is 3.49. The van der Waals surface area contributed by atoms with Crippen molar-refractivity contribution in [3.63, 3.8) is 0 Å². The molecule has 3 heteroatoms. The lowest BCUT2D eigenvalue weighted by Crippen LogP contribution is -2.34. The summed E-state index contributed by atoms with van der Waals surface area (Å²) in [6.45, 7) is 8.96. The van der Waals surface area contributed by atoms with Crippen LogP contribution in [0.4, 0.5) is 5.69 Å². The minimum absolute atomic E-state index is 0.275. The summed E-state index contributed by atoms with van der Waals surface area (Å²) in [5.41, 5.74) is 7.82. The standard InChI is InChI=1S/C16H24ClNO/c1-10-5-12(9-16(3,4)8-10)19-15-7-13(17)14(18)6-11(15)2/h6-7,10,12H,5,8-9,18H2,1-4H3. The number of benzene rings is 1. The molecular formula is C16H24ClNO. The van der Waals surface area contributed by atoms with Crippen molar-refractivity contribution in [2.24, 2.45) is 11.3 Å². The van der Waals surface area contributed by atoms with Crippen molar-refractivity contribution in [2.45, 2.75) is 53.1 Å². The van der Waals surface area contributed by atoms with E-state index in [4.69, 9.17) is 22.1 Å². The zero-order valence-electron chi connectivity index (χ0n) is 12.3.